The Morgan fingerprint density at radius 2 is 2.12 bits per heavy atom. The fourth-order valence-electron chi connectivity index (χ4n) is 1.23. The maximum Gasteiger partial charge on any atom is 0.248 e. The molecular weight excluding hydrogens is 222 g/mol. The quantitative estimate of drug-likeness (QED) is 0.278. The molecule has 2 amide bonds. The molecule has 6 nitrogen and oxygen atoms in total. The van der Waals surface area contributed by atoms with Gasteiger partial charge in [0.25, 0.3) is 0 Å². The molecule has 0 aromatic heterocycles. The summed E-state index contributed by atoms with van der Waals surface area (Å²) < 4.78 is 5.36. The predicted molar refractivity (Wildman–Crippen MR) is 62.0 cm³/mol. The number of hydrogen-bond donors (Lipinski definition) is 3. The minimum atomic E-state index is -0.502. The van der Waals surface area contributed by atoms with Gasteiger partial charge in [0, 0.05) is 12.0 Å². The highest BCUT2D eigenvalue weighted by Gasteiger charge is 2.02. The smallest absolute Gasteiger partial charge is 0.248 e. The number of hydrogen-bond acceptors (Lipinski definition) is 4. The van der Waals surface area contributed by atoms with Crippen LogP contribution < -0.4 is 21.7 Å². The summed E-state index contributed by atoms with van der Waals surface area (Å²) in [7, 11) is 0. The molecule has 0 atom stereocenters. The van der Waals surface area contributed by atoms with Crippen molar-refractivity contribution in [1.29, 1.82) is 0 Å². The number of nitrogens with two attached hydrogens (primary N) is 2. The first-order valence-electron chi connectivity index (χ1n) is 5.15. The number of ether oxygens (including phenoxy) is 1. The number of carbonyl (C=O) groups is 2. The van der Waals surface area contributed by atoms with Crippen molar-refractivity contribution >= 4 is 11.8 Å². The Morgan fingerprint density at radius 1 is 1.35 bits per heavy atom. The third-order valence-corrected chi connectivity index (χ3v) is 2.10. The number of benzene rings is 1. The van der Waals surface area contributed by atoms with Crippen LogP contribution >= 0.6 is 0 Å². The summed E-state index contributed by atoms with van der Waals surface area (Å²) in [6.45, 7) is 0.371. The van der Waals surface area contributed by atoms with Gasteiger partial charge in [0.05, 0.1) is 6.61 Å². The first-order valence-corrected chi connectivity index (χ1v) is 5.15. The highest BCUT2D eigenvalue weighted by Crippen LogP contribution is 2.13. The van der Waals surface area contributed by atoms with Crippen molar-refractivity contribution in [2.24, 2.45) is 11.6 Å². The lowest BCUT2D eigenvalue weighted by molar-refractivity contribution is -0.121. The van der Waals surface area contributed by atoms with Crippen LogP contribution in [0.1, 0.15) is 23.2 Å². The van der Waals surface area contributed by atoms with Crippen molar-refractivity contribution in [1.82, 2.24) is 5.43 Å². The van der Waals surface area contributed by atoms with E-state index < -0.39 is 5.91 Å². The van der Waals surface area contributed by atoms with Crippen LogP contribution in [0.2, 0.25) is 0 Å². The van der Waals surface area contributed by atoms with Gasteiger partial charge in [-0.25, -0.2) is 5.84 Å². The van der Waals surface area contributed by atoms with E-state index >= 15 is 0 Å². The highest BCUT2D eigenvalue weighted by molar-refractivity contribution is 5.93. The molecule has 0 spiro atoms. The van der Waals surface area contributed by atoms with Crippen LogP contribution in [0.15, 0.2) is 24.3 Å². The molecular formula is C11H15N3O3. The molecule has 1 aromatic carbocycles. The van der Waals surface area contributed by atoms with Crippen LogP contribution in [-0.4, -0.2) is 18.4 Å². The van der Waals surface area contributed by atoms with E-state index in [9.17, 15) is 9.59 Å². The molecule has 0 unspecified atom stereocenters. The van der Waals surface area contributed by atoms with Crippen LogP contribution in [0.25, 0.3) is 0 Å². The summed E-state index contributed by atoms with van der Waals surface area (Å²) in [6, 6.07) is 6.57. The van der Waals surface area contributed by atoms with Gasteiger partial charge in [-0.05, 0) is 24.6 Å². The lowest BCUT2D eigenvalue weighted by Crippen LogP contribution is -2.29. The van der Waals surface area contributed by atoms with E-state index in [4.69, 9.17) is 16.3 Å². The molecule has 17 heavy (non-hydrogen) atoms. The largest absolute Gasteiger partial charge is 0.494 e. The second-order valence-corrected chi connectivity index (χ2v) is 3.41. The van der Waals surface area contributed by atoms with Gasteiger partial charge in [0.2, 0.25) is 11.8 Å². The van der Waals surface area contributed by atoms with Crippen molar-refractivity contribution in [3.05, 3.63) is 29.8 Å². The normalized spacial score (nSPS) is 9.71. The van der Waals surface area contributed by atoms with E-state index in [1.165, 1.54) is 0 Å². The number of carbonyl (C=O) groups excluding carboxylic acids is 2. The van der Waals surface area contributed by atoms with Crippen molar-refractivity contribution < 1.29 is 14.3 Å². The second-order valence-electron chi connectivity index (χ2n) is 3.41. The van der Waals surface area contributed by atoms with E-state index in [1.54, 1.807) is 24.3 Å². The molecule has 0 heterocycles. The molecule has 6 heteroatoms. The molecule has 0 radical (unpaired) electrons. The molecule has 5 N–H and O–H groups in total. The maximum atomic E-state index is 10.9. The topological polar surface area (TPSA) is 107 Å². The molecule has 0 aliphatic rings. The Hall–Kier alpha value is -2.08. The molecule has 1 aromatic rings. The van der Waals surface area contributed by atoms with Gasteiger partial charge >= 0.3 is 0 Å². The third-order valence-electron chi connectivity index (χ3n) is 2.10. The van der Waals surface area contributed by atoms with E-state index in [0.717, 1.165) is 0 Å². The fraction of sp³-hybridized carbons (Fsp3) is 0.273. The minimum Gasteiger partial charge on any atom is -0.494 e. The molecule has 0 aliphatic heterocycles. The van der Waals surface area contributed by atoms with E-state index in [-0.39, 0.29) is 5.91 Å². The van der Waals surface area contributed by atoms with Gasteiger partial charge in [0.15, 0.2) is 0 Å². The van der Waals surface area contributed by atoms with Gasteiger partial charge < -0.3 is 10.5 Å². The van der Waals surface area contributed by atoms with Crippen molar-refractivity contribution in [2.45, 2.75) is 12.8 Å². The van der Waals surface area contributed by atoms with Gasteiger partial charge in [-0.1, -0.05) is 6.07 Å². The Bertz CT molecular complexity index is 407. The van der Waals surface area contributed by atoms with E-state index in [2.05, 4.69) is 0 Å². The summed E-state index contributed by atoms with van der Waals surface area (Å²) >= 11 is 0. The van der Waals surface area contributed by atoms with Gasteiger partial charge in [-0.3, -0.25) is 15.0 Å². The molecule has 0 fully saturated rings. The Balaban J connectivity index is 2.39. The summed E-state index contributed by atoms with van der Waals surface area (Å²) in [5.41, 5.74) is 7.56. The monoisotopic (exact) mass is 237 g/mol. The number of rotatable bonds is 6. The average Bonchev–Trinajstić information content (AvgIpc) is 2.34. The zero-order valence-corrected chi connectivity index (χ0v) is 9.31. The standard InChI is InChI=1S/C11H15N3O3/c12-11(16)8-3-1-4-9(7-8)17-6-2-5-10(15)14-13/h1,3-4,7H,2,5-6,13H2,(H2,12,16)(H,14,15). The summed E-state index contributed by atoms with van der Waals surface area (Å²) in [6.07, 6.45) is 0.843. The molecule has 0 bridgehead atoms. The zero-order chi connectivity index (χ0) is 12.7. The first-order chi connectivity index (χ1) is 8.13. The predicted octanol–water partition coefficient (Wildman–Crippen LogP) is -0.0656. The third kappa shape index (κ3) is 4.52. The number of nitrogens with one attached hydrogen (secondary N) is 1. The zero-order valence-electron chi connectivity index (χ0n) is 9.31. The van der Waals surface area contributed by atoms with Gasteiger partial charge in [0.1, 0.15) is 5.75 Å². The average molecular weight is 237 g/mol. The van der Waals surface area contributed by atoms with Crippen LogP contribution in [0.3, 0.4) is 0 Å². The molecule has 1 rings (SSSR count). The van der Waals surface area contributed by atoms with Crippen LogP contribution in [0, 0.1) is 0 Å². The van der Waals surface area contributed by atoms with Crippen molar-refractivity contribution in [3.8, 4) is 5.75 Å². The van der Waals surface area contributed by atoms with E-state index in [1.807, 2.05) is 5.43 Å². The van der Waals surface area contributed by atoms with Gasteiger partial charge in [-0.2, -0.15) is 0 Å². The molecule has 0 saturated heterocycles. The molecule has 0 aliphatic carbocycles. The van der Waals surface area contributed by atoms with Crippen LogP contribution in [0.5, 0.6) is 5.75 Å². The molecule has 92 valence electrons. The summed E-state index contributed by atoms with van der Waals surface area (Å²) in [5, 5.41) is 0. The van der Waals surface area contributed by atoms with E-state index in [0.29, 0.717) is 30.8 Å². The summed E-state index contributed by atoms with van der Waals surface area (Å²) in [4.78, 5) is 21.7. The Kier molecular flexibility index (Phi) is 4.96. The lowest BCUT2D eigenvalue weighted by Gasteiger charge is -2.06. The lowest BCUT2D eigenvalue weighted by atomic mass is 10.2. The first kappa shape index (κ1) is 13.0. The van der Waals surface area contributed by atoms with Crippen LogP contribution in [0.4, 0.5) is 0 Å². The van der Waals surface area contributed by atoms with Crippen molar-refractivity contribution in [3.63, 3.8) is 0 Å². The highest BCUT2D eigenvalue weighted by atomic mass is 16.5. The maximum absolute atomic E-state index is 10.9. The van der Waals surface area contributed by atoms with Crippen molar-refractivity contribution in [2.75, 3.05) is 6.61 Å². The number of primary amides is 1. The Labute approximate surface area is 98.9 Å². The summed E-state index contributed by atoms with van der Waals surface area (Å²) in [5.74, 6) is 4.74. The van der Waals surface area contributed by atoms with Gasteiger partial charge in [-0.15, -0.1) is 0 Å². The fourth-order valence-corrected chi connectivity index (χ4v) is 1.23. The number of hydrazine groups is 1. The Morgan fingerprint density at radius 3 is 2.76 bits per heavy atom. The SMILES string of the molecule is NNC(=O)CCCOc1cccc(C(N)=O)c1. The second kappa shape index (κ2) is 6.49. The van der Waals surface area contributed by atoms with Crippen LogP contribution in [-0.2, 0) is 4.79 Å². The minimum absolute atomic E-state index is 0.237. The number of amides is 2. The molecule has 0 saturated carbocycles.